The Morgan fingerprint density at radius 3 is 2.56 bits per heavy atom. The predicted octanol–water partition coefficient (Wildman–Crippen LogP) is 3.96. The van der Waals surface area contributed by atoms with E-state index in [1.165, 1.54) is 17.0 Å². The Morgan fingerprint density at radius 1 is 1.08 bits per heavy atom. The number of fused-ring (bicyclic) bond motifs is 1. The molecule has 9 heteroatoms. The minimum Gasteiger partial charge on any atom is -0.491 e. The number of rotatable bonds is 8. The molecule has 1 saturated heterocycles. The Morgan fingerprint density at radius 2 is 1.83 bits per heavy atom. The summed E-state index contributed by atoms with van der Waals surface area (Å²) in [6.07, 6.45) is 0.263. The number of H-pyrrole nitrogens is 1. The molecule has 4 aromatic rings. The number of hydrogen-bond donors (Lipinski definition) is 3. The average Bonchev–Trinajstić information content (AvgIpc) is 3.42. The van der Waals surface area contributed by atoms with E-state index in [9.17, 15) is 14.0 Å². The zero-order valence-corrected chi connectivity index (χ0v) is 19.6. The third-order valence-corrected chi connectivity index (χ3v) is 6.17. The van der Waals surface area contributed by atoms with Gasteiger partial charge in [0.15, 0.2) is 0 Å². The summed E-state index contributed by atoms with van der Waals surface area (Å²) >= 11 is 0. The van der Waals surface area contributed by atoms with Gasteiger partial charge in [0.1, 0.15) is 36.1 Å². The number of carbonyl (C=O) groups is 2. The highest BCUT2D eigenvalue weighted by atomic mass is 19.1. The van der Waals surface area contributed by atoms with E-state index in [1.807, 2.05) is 25.1 Å². The van der Waals surface area contributed by atoms with Crippen molar-refractivity contribution in [2.45, 2.75) is 25.4 Å². The summed E-state index contributed by atoms with van der Waals surface area (Å²) < 4.78 is 18.9. The number of aromatic nitrogens is 2. The van der Waals surface area contributed by atoms with E-state index in [-0.39, 0.29) is 25.5 Å². The van der Waals surface area contributed by atoms with Gasteiger partial charge in [-0.2, -0.15) is 0 Å². The topological polar surface area (TPSA) is 108 Å². The third-order valence-electron chi connectivity index (χ3n) is 6.17. The Balaban J connectivity index is 1.48. The van der Waals surface area contributed by atoms with E-state index < -0.39 is 24.0 Å². The van der Waals surface area contributed by atoms with Crippen molar-refractivity contribution in [2.24, 2.45) is 0 Å². The zero-order valence-electron chi connectivity index (χ0n) is 19.6. The smallest absolute Gasteiger partial charge is 0.325 e. The fourth-order valence-corrected chi connectivity index (χ4v) is 4.39. The second-order valence-electron chi connectivity index (χ2n) is 8.72. The highest BCUT2D eigenvalue weighted by Crippen LogP contribution is 2.33. The van der Waals surface area contributed by atoms with Gasteiger partial charge >= 0.3 is 6.03 Å². The number of imide groups is 1. The lowest BCUT2D eigenvalue weighted by Gasteiger charge is -2.24. The molecule has 1 aromatic heterocycles. The molecule has 2 heterocycles. The normalized spacial score (nSPS) is 16.4. The Labute approximate surface area is 206 Å². The molecule has 5 rings (SSSR count). The molecule has 0 radical (unpaired) electrons. The van der Waals surface area contributed by atoms with Crippen LogP contribution >= 0.6 is 0 Å². The summed E-state index contributed by atoms with van der Waals surface area (Å²) in [5.41, 5.74) is 3.94. The molecule has 1 aliphatic heterocycles. The molecule has 184 valence electrons. The number of ether oxygens (including phenoxy) is 1. The predicted molar refractivity (Wildman–Crippen MR) is 131 cm³/mol. The number of urea groups is 1. The number of aryl methyl sites for hydroxylation is 1. The first-order chi connectivity index (χ1) is 17.4. The van der Waals surface area contributed by atoms with Crippen molar-refractivity contribution in [3.63, 3.8) is 0 Å². The van der Waals surface area contributed by atoms with Gasteiger partial charge in [-0.1, -0.05) is 30.3 Å². The number of aliphatic hydroxyl groups is 1. The molecule has 36 heavy (non-hydrogen) atoms. The lowest BCUT2D eigenvalue weighted by atomic mass is 10.0. The Kier molecular flexibility index (Phi) is 6.39. The Hall–Kier alpha value is -4.24. The van der Waals surface area contributed by atoms with Gasteiger partial charge in [0.05, 0.1) is 17.6 Å². The van der Waals surface area contributed by atoms with Gasteiger partial charge < -0.3 is 20.1 Å². The number of aliphatic hydroxyl groups excluding tert-OH is 1. The zero-order chi connectivity index (χ0) is 25.2. The maximum Gasteiger partial charge on any atom is 0.325 e. The molecule has 3 aromatic carbocycles. The number of amides is 3. The highest BCUT2D eigenvalue weighted by Gasteiger charge is 2.44. The van der Waals surface area contributed by atoms with Crippen LogP contribution in [0.15, 0.2) is 66.7 Å². The van der Waals surface area contributed by atoms with Crippen LogP contribution in [0, 0.1) is 12.7 Å². The molecular formula is C27H25FN4O4. The molecule has 0 aliphatic carbocycles. The number of nitrogens with zero attached hydrogens (tertiary/aromatic N) is 2. The first kappa shape index (κ1) is 23.5. The van der Waals surface area contributed by atoms with Crippen molar-refractivity contribution in [3.8, 4) is 5.75 Å². The summed E-state index contributed by atoms with van der Waals surface area (Å²) in [5.74, 6) is 0.244. The molecule has 0 bridgehead atoms. The fraction of sp³-hybridized carbons (Fsp3) is 0.222. The lowest BCUT2D eigenvalue weighted by molar-refractivity contribution is -0.129. The van der Waals surface area contributed by atoms with Gasteiger partial charge in [0.25, 0.3) is 5.91 Å². The van der Waals surface area contributed by atoms with Crippen molar-refractivity contribution in [1.82, 2.24) is 20.2 Å². The molecule has 1 fully saturated rings. The van der Waals surface area contributed by atoms with E-state index >= 15 is 0 Å². The third kappa shape index (κ3) is 4.65. The van der Waals surface area contributed by atoms with Gasteiger partial charge in [-0.15, -0.1) is 0 Å². The summed E-state index contributed by atoms with van der Waals surface area (Å²) in [6, 6.07) is 16.4. The van der Waals surface area contributed by atoms with Crippen molar-refractivity contribution in [3.05, 3.63) is 95.1 Å². The highest BCUT2D eigenvalue weighted by molar-refractivity contribution is 6.05. The van der Waals surface area contributed by atoms with Gasteiger partial charge in [-0.25, -0.2) is 14.2 Å². The van der Waals surface area contributed by atoms with Crippen LogP contribution in [0.2, 0.25) is 0 Å². The summed E-state index contributed by atoms with van der Waals surface area (Å²) in [6.45, 7) is 2.02. The maximum absolute atomic E-state index is 13.6. The van der Waals surface area contributed by atoms with Crippen molar-refractivity contribution in [2.75, 3.05) is 13.2 Å². The maximum atomic E-state index is 13.6. The van der Waals surface area contributed by atoms with E-state index in [0.29, 0.717) is 17.1 Å². The number of halogens is 1. The van der Waals surface area contributed by atoms with Crippen LogP contribution in [0.25, 0.3) is 11.0 Å². The van der Waals surface area contributed by atoms with Crippen LogP contribution in [0.5, 0.6) is 5.75 Å². The second kappa shape index (κ2) is 9.79. The number of nitrogens with one attached hydrogen (secondary N) is 2. The molecule has 0 saturated carbocycles. The summed E-state index contributed by atoms with van der Waals surface area (Å²) in [7, 11) is 0. The summed E-state index contributed by atoms with van der Waals surface area (Å²) in [5, 5.41) is 11.7. The van der Waals surface area contributed by atoms with Gasteiger partial charge in [-0.3, -0.25) is 9.69 Å². The van der Waals surface area contributed by atoms with Crippen LogP contribution in [-0.4, -0.2) is 45.1 Å². The van der Waals surface area contributed by atoms with E-state index in [2.05, 4.69) is 15.3 Å². The van der Waals surface area contributed by atoms with E-state index in [0.717, 1.165) is 22.2 Å². The largest absolute Gasteiger partial charge is 0.491 e. The number of benzene rings is 3. The first-order valence-corrected chi connectivity index (χ1v) is 11.6. The van der Waals surface area contributed by atoms with Crippen LogP contribution in [-0.2, 0) is 11.2 Å². The standard InChI is InChI=1S/C27H25FN4O4/c1-16-2-11-21-22(14-16)30-25(29-21)23(15-17-3-7-19(28)8-4-17)32-26(34)24(31-27(32)35)18-5-9-20(10-6-18)36-13-12-33/h2-11,14,23-24,33H,12-13,15H2,1H3,(H,29,30)(H,31,35)/t23?,24-/m1/s1. The molecule has 1 aliphatic rings. The van der Waals surface area contributed by atoms with E-state index in [4.69, 9.17) is 9.84 Å². The first-order valence-electron chi connectivity index (χ1n) is 11.6. The minimum absolute atomic E-state index is 0.106. The van der Waals surface area contributed by atoms with Crippen LogP contribution < -0.4 is 10.1 Å². The molecule has 0 spiro atoms. The van der Waals surface area contributed by atoms with Crippen molar-refractivity contribution >= 4 is 23.0 Å². The number of hydrogen-bond acceptors (Lipinski definition) is 5. The average molecular weight is 489 g/mol. The SMILES string of the molecule is Cc1ccc2nc(C(Cc3ccc(F)cc3)N3C(=O)N[C@H](c4ccc(OCCO)cc4)C3=O)[nH]c2c1. The molecule has 2 atom stereocenters. The summed E-state index contributed by atoms with van der Waals surface area (Å²) in [4.78, 5) is 35.9. The van der Waals surface area contributed by atoms with Gasteiger partial charge in [-0.05, 0) is 60.0 Å². The number of carbonyl (C=O) groups excluding carboxylic acids is 2. The van der Waals surface area contributed by atoms with Crippen molar-refractivity contribution < 1.29 is 23.8 Å². The number of aromatic amines is 1. The fourth-order valence-electron chi connectivity index (χ4n) is 4.39. The monoisotopic (exact) mass is 488 g/mol. The van der Waals surface area contributed by atoms with Crippen molar-refractivity contribution in [1.29, 1.82) is 0 Å². The van der Waals surface area contributed by atoms with E-state index in [1.54, 1.807) is 36.4 Å². The molecule has 3 N–H and O–H groups in total. The Bertz CT molecular complexity index is 1400. The van der Waals surface area contributed by atoms with Gasteiger partial charge in [0.2, 0.25) is 0 Å². The molecule has 1 unspecified atom stereocenters. The number of imidazole rings is 1. The molecule has 3 amide bonds. The minimum atomic E-state index is -0.869. The molecular weight excluding hydrogens is 463 g/mol. The van der Waals surface area contributed by atoms with Crippen LogP contribution in [0.1, 0.15) is 34.6 Å². The molecule has 8 nitrogen and oxygen atoms in total. The lowest BCUT2D eigenvalue weighted by Crippen LogP contribution is -2.36. The second-order valence-corrected chi connectivity index (χ2v) is 8.72. The van der Waals surface area contributed by atoms with Crippen LogP contribution in [0.3, 0.4) is 0 Å². The van der Waals surface area contributed by atoms with Crippen LogP contribution in [0.4, 0.5) is 9.18 Å². The quantitative estimate of drug-likeness (QED) is 0.326. The van der Waals surface area contributed by atoms with Gasteiger partial charge in [0, 0.05) is 6.42 Å².